The Labute approximate surface area is 161 Å². The molecule has 0 aliphatic heterocycles. The lowest BCUT2D eigenvalue weighted by Gasteiger charge is -2.04. The summed E-state index contributed by atoms with van der Waals surface area (Å²) in [4.78, 5) is 22.2. The summed E-state index contributed by atoms with van der Waals surface area (Å²) in [5, 5.41) is 1.29. The molecule has 0 radical (unpaired) electrons. The summed E-state index contributed by atoms with van der Waals surface area (Å²) >= 11 is 10.9. The quantitative estimate of drug-likeness (QED) is 0.420. The van der Waals surface area contributed by atoms with Gasteiger partial charge in [-0.2, -0.15) is 0 Å². The fraction of sp³-hybridized carbons (Fsp3) is 0.0526. The van der Waals surface area contributed by atoms with Crippen molar-refractivity contribution in [3.05, 3.63) is 73.3 Å². The van der Waals surface area contributed by atoms with Gasteiger partial charge in [-0.3, -0.25) is 4.79 Å². The predicted octanol–water partition coefficient (Wildman–Crippen LogP) is 6.04. The second-order valence-corrected chi connectivity index (χ2v) is 8.20. The number of hydrogen-bond acceptors (Lipinski definition) is 3. The molecule has 0 fully saturated rings. The average molecular weight is 432 g/mol. The summed E-state index contributed by atoms with van der Waals surface area (Å²) < 4.78 is 1.01. The Morgan fingerprint density at radius 2 is 1.68 bits per heavy atom. The first kappa shape index (κ1) is 16.5. The van der Waals surface area contributed by atoms with Crippen molar-refractivity contribution >= 4 is 49.1 Å². The Morgan fingerprint density at radius 1 is 1.04 bits per heavy atom. The second-order valence-electron chi connectivity index (χ2n) is 5.64. The highest BCUT2D eigenvalue weighted by Crippen LogP contribution is 2.36. The number of H-pyrrole nitrogens is 1. The maximum absolute atomic E-state index is 12.8. The Bertz CT molecular complexity index is 1130. The number of nitrogens with zero attached hydrogens (tertiary/aromatic N) is 1. The van der Waals surface area contributed by atoms with Gasteiger partial charge in [0.2, 0.25) is 0 Å². The molecule has 2 aromatic carbocycles. The van der Waals surface area contributed by atoms with Crippen LogP contribution in [0.1, 0.15) is 4.88 Å². The molecule has 0 saturated heterocycles. The summed E-state index contributed by atoms with van der Waals surface area (Å²) in [6.45, 7) is 2.02. The molecule has 0 amide bonds. The third-order valence-corrected chi connectivity index (χ3v) is 5.77. The number of nitrogens with one attached hydrogen (secondary N) is 1. The van der Waals surface area contributed by atoms with Crippen molar-refractivity contribution in [3.8, 4) is 22.5 Å². The summed E-state index contributed by atoms with van der Waals surface area (Å²) in [5.41, 5.74) is 2.67. The molecule has 0 atom stereocenters. The smallest absolute Gasteiger partial charge is 0.260 e. The number of hydrogen-bond donors (Lipinski definition) is 1. The van der Waals surface area contributed by atoms with Crippen molar-refractivity contribution in [2.45, 2.75) is 6.92 Å². The lowest BCUT2D eigenvalue weighted by Crippen LogP contribution is -2.09. The molecule has 1 N–H and O–H groups in total. The Hall–Kier alpha value is -1.95. The van der Waals surface area contributed by atoms with Gasteiger partial charge in [0.05, 0.1) is 5.39 Å². The van der Waals surface area contributed by atoms with Crippen LogP contribution in [-0.2, 0) is 0 Å². The van der Waals surface area contributed by atoms with Crippen LogP contribution < -0.4 is 5.56 Å². The zero-order valence-electron chi connectivity index (χ0n) is 13.1. The second kappa shape index (κ2) is 6.41. The Kier molecular flexibility index (Phi) is 4.23. The third-order valence-electron chi connectivity index (χ3n) is 3.99. The van der Waals surface area contributed by atoms with E-state index in [0.717, 1.165) is 30.9 Å². The van der Waals surface area contributed by atoms with E-state index < -0.39 is 0 Å². The van der Waals surface area contributed by atoms with Gasteiger partial charge in [-0.15, -0.1) is 11.3 Å². The number of benzene rings is 2. The van der Waals surface area contributed by atoms with Crippen molar-refractivity contribution < 1.29 is 0 Å². The Balaban J connectivity index is 1.93. The highest BCUT2D eigenvalue weighted by atomic mass is 79.9. The molecule has 0 spiro atoms. The number of aryl methyl sites for hydroxylation is 1. The van der Waals surface area contributed by atoms with E-state index >= 15 is 0 Å². The van der Waals surface area contributed by atoms with E-state index in [0.29, 0.717) is 16.2 Å². The fourth-order valence-electron chi connectivity index (χ4n) is 2.83. The van der Waals surface area contributed by atoms with Crippen molar-refractivity contribution in [3.63, 3.8) is 0 Å². The van der Waals surface area contributed by atoms with Gasteiger partial charge in [0.15, 0.2) is 0 Å². The molecule has 0 saturated carbocycles. The van der Waals surface area contributed by atoms with E-state index in [-0.39, 0.29) is 5.56 Å². The number of fused-ring (bicyclic) bond motifs is 1. The maximum atomic E-state index is 12.8. The largest absolute Gasteiger partial charge is 0.306 e. The number of rotatable bonds is 2. The number of thiophene rings is 1. The molecular formula is C19H12BrClN2OS. The van der Waals surface area contributed by atoms with Crippen LogP contribution in [0.5, 0.6) is 0 Å². The van der Waals surface area contributed by atoms with E-state index in [4.69, 9.17) is 11.6 Å². The van der Waals surface area contributed by atoms with Crippen LogP contribution in [0.3, 0.4) is 0 Å². The lowest BCUT2D eigenvalue weighted by atomic mass is 10.0. The van der Waals surface area contributed by atoms with Gasteiger partial charge in [-0.05, 0) is 48.9 Å². The third kappa shape index (κ3) is 3.03. The first-order valence-corrected chi connectivity index (χ1v) is 9.57. The molecule has 0 bridgehead atoms. The van der Waals surface area contributed by atoms with E-state index in [1.54, 1.807) is 12.1 Å². The van der Waals surface area contributed by atoms with E-state index in [9.17, 15) is 4.79 Å². The zero-order chi connectivity index (χ0) is 17.6. The maximum Gasteiger partial charge on any atom is 0.260 e. The Morgan fingerprint density at radius 3 is 2.36 bits per heavy atom. The van der Waals surface area contributed by atoms with Crippen LogP contribution >= 0.6 is 38.9 Å². The molecular weight excluding hydrogens is 420 g/mol. The SMILES string of the molecule is Cc1sc2nc(-c3ccc(Cl)cc3)[nH]c(=O)c2c1-c1ccc(Br)cc1. The first-order chi connectivity index (χ1) is 12.0. The van der Waals surface area contributed by atoms with Crippen LogP contribution in [0.25, 0.3) is 32.7 Å². The van der Waals surface area contributed by atoms with Gasteiger partial charge in [0.25, 0.3) is 5.56 Å². The van der Waals surface area contributed by atoms with E-state index in [2.05, 4.69) is 25.9 Å². The summed E-state index contributed by atoms with van der Waals surface area (Å²) in [6, 6.07) is 15.2. The monoisotopic (exact) mass is 430 g/mol. The molecule has 2 aromatic heterocycles. The molecule has 4 aromatic rings. The minimum atomic E-state index is -0.128. The standard InChI is InChI=1S/C19H12BrClN2OS/c1-10-15(11-2-6-13(20)7-3-11)16-18(24)22-17(23-19(16)25-10)12-4-8-14(21)9-5-12/h2-9H,1H3,(H,22,23,24). The van der Waals surface area contributed by atoms with Crippen molar-refractivity contribution in [2.75, 3.05) is 0 Å². The minimum Gasteiger partial charge on any atom is -0.306 e. The minimum absolute atomic E-state index is 0.128. The highest BCUT2D eigenvalue weighted by molar-refractivity contribution is 9.10. The molecule has 2 heterocycles. The van der Waals surface area contributed by atoms with E-state index in [1.165, 1.54) is 11.3 Å². The average Bonchev–Trinajstić information content (AvgIpc) is 2.93. The molecule has 0 unspecified atom stereocenters. The van der Waals surface area contributed by atoms with Crippen molar-refractivity contribution in [2.24, 2.45) is 0 Å². The summed E-state index contributed by atoms with van der Waals surface area (Å²) in [7, 11) is 0. The summed E-state index contributed by atoms with van der Waals surface area (Å²) in [5.74, 6) is 0.553. The van der Waals surface area contributed by atoms with Gasteiger partial charge in [-0.1, -0.05) is 39.7 Å². The van der Waals surface area contributed by atoms with E-state index in [1.807, 2.05) is 43.3 Å². The van der Waals surface area contributed by atoms with Crippen LogP contribution in [0.4, 0.5) is 0 Å². The van der Waals surface area contributed by atoms with Crippen LogP contribution in [-0.4, -0.2) is 9.97 Å². The van der Waals surface area contributed by atoms with Crippen LogP contribution in [0, 0.1) is 6.92 Å². The number of halogens is 2. The number of aromatic amines is 1. The molecule has 0 aliphatic carbocycles. The molecule has 25 heavy (non-hydrogen) atoms. The zero-order valence-corrected chi connectivity index (χ0v) is 16.3. The first-order valence-electron chi connectivity index (χ1n) is 7.58. The molecule has 4 rings (SSSR count). The topological polar surface area (TPSA) is 45.8 Å². The van der Waals surface area contributed by atoms with Crippen molar-refractivity contribution in [1.82, 2.24) is 9.97 Å². The lowest BCUT2D eigenvalue weighted by molar-refractivity contribution is 1.19. The normalized spacial score (nSPS) is 11.2. The van der Waals surface area contributed by atoms with Crippen LogP contribution in [0.15, 0.2) is 57.8 Å². The van der Waals surface area contributed by atoms with Crippen LogP contribution in [0.2, 0.25) is 5.02 Å². The highest BCUT2D eigenvalue weighted by Gasteiger charge is 2.17. The van der Waals surface area contributed by atoms with Gasteiger partial charge in [0, 0.05) is 25.5 Å². The molecule has 6 heteroatoms. The molecule has 124 valence electrons. The van der Waals surface area contributed by atoms with Gasteiger partial charge in [0.1, 0.15) is 10.7 Å². The van der Waals surface area contributed by atoms with Gasteiger partial charge >= 0.3 is 0 Å². The fourth-order valence-corrected chi connectivity index (χ4v) is 4.26. The molecule has 3 nitrogen and oxygen atoms in total. The predicted molar refractivity (Wildman–Crippen MR) is 109 cm³/mol. The van der Waals surface area contributed by atoms with Gasteiger partial charge < -0.3 is 4.98 Å². The van der Waals surface area contributed by atoms with Crippen molar-refractivity contribution in [1.29, 1.82) is 0 Å². The number of aromatic nitrogens is 2. The summed E-state index contributed by atoms with van der Waals surface area (Å²) in [6.07, 6.45) is 0. The van der Waals surface area contributed by atoms with Gasteiger partial charge in [-0.25, -0.2) is 4.98 Å². The molecule has 0 aliphatic rings.